The van der Waals surface area contributed by atoms with E-state index in [4.69, 9.17) is 0 Å². The molecule has 0 amide bonds. The van der Waals surface area contributed by atoms with Crippen molar-refractivity contribution in [2.45, 2.75) is 104 Å². The molecule has 3 aliphatic carbocycles. The summed E-state index contributed by atoms with van der Waals surface area (Å²) in [5.41, 5.74) is 4.72. The molecule has 0 spiro atoms. The van der Waals surface area contributed by atoms with E-state index in [0.29, 0.717) is 5.41 Å². The fraction of sp³-hybridized carbons (Fsp3) is 0.778. The van der Waals surface area contributed by atoms with Gasteiger partial charge in [-0.25, -0.2) is 0 Å². The molecule has 0 bridgehead atoms. The predicted octanol–water partition coefficient (Wildman–Crippen LogP) is 7.62. The average Bonchev–Trinajstić information content (AvgIpc) is 2.99. The van der Waals surface area contributed by atoms with Crippen LogP contribution in [-0.4, -0.2) is 11.2 Å². The smallest absolute Gasteiger partial charge is 0.0583 e. The summed E-state index contributed by atoms with van der Waals surface area (Å²) in [7, 11) is 0. The van der Waals surface area contributed by atoms with Gasteiger partial charge in [-0.2, -0.15) is 0 Å². The van der Waals surface area contributed by atoms with Gasteiger partial charge in [0.05, 0.1) is 6.10 Å². The minimum absolute atomic E-state index is 0.172. The summed E-state index contributed by atoms with van der Waals surface area (Å²) in [6.45, 7) is 14.1. The number of aliphatic hydroxyl groups excluding tert-OH is 1. The van der Waals surface area contributed by atoms with Crippen LogP contribution in [-0.2, 0) is 0 Å². The van der Waals surface area contributed by atoms with Crippen LogP contribution in [0.2, 0.25) is 0 Å². The topological polar surface area (TPSA) is 20.2 Å². The second-order valence-electron chi connectivity index (χ2n) is 10.8. The highest BCUT2D eigenvalue weighted by Gasteiger charge is 2.50. The van der Waals surface area contributed by atoms with E-state index in [2.05, 4.69) is 46.4 Å². The maximum absolute atomic E-state index is 10.0. The van der Waals surface area contributed by atoms with Crippen LogP contribution in [0.15, 0.2) is 35.5 Å². The summed E-state index contributed by atoms with van der Waals surface area (Å²) in [6.07, 6.45) is 18.2. The number of aliphatic hydroxyl groups is 1. The number of allylic oxidation sites excluding steroid dienone is 4. The van der Waals surface area contributed by atoms with Crippen molar-refractivity contribution in [1.82, 2.24) is 0 Å². The van der Waals surface area contributed by atoms with Crippen molar-refractivity contribution < 1.29 is 5.11 Å². The van der Waals surface area contributed by atoms with E-state index < -0.39 is 0 Å². The minimum atomic E-state index is -0.172. The molecule has 28 heavy (non-hydrogen) atoms. The zero-order chi connectivity index (χ0) is 20.3. The van der Waals surface area contributed by atoms with E-state index in [1.165, 1.54) is 62.5 Å². The molecule has 1 N–H and O–H groups in total. The molecule has 158 valence electrons. The maximum atomic E-state index is 10.0. The number of fused-ring (bicyclic) bond motifs is 1. The van der Waals surface area contributed by atoms with Crippen molar-refractivity contribution in [3.8, 4) is 0 Å². The van der Waals surface area contributed by atoms with E-state index in [1.807, 2.05) is 0 Å². The van der Waals surface area contributed by atoms with E-state index in [-0.39, 0.29) is 6.10 Å². The van der Waals surface area contributed by atoms with Gasteiger partial charge in [0.25, 0.3) is 0 Å². The zero-order valence-corrected chi connectivity index (χ0v) is 19.0. The van der Waals surface area contributed by atoms with Crippen LogP contribution in [0.25, 0.3) is 0 Å². The Morgan fingerprint density at radius 1 is 1.11 bits per heavy atom. The van der Waals surface area contributed by atoms with Crippen LogP contribution in [0.4, 0.5) is 0 Å². The molecular formula is C27H44O. The second-order valence-corrected chi connectivity index (χ2v) is 10.8. The number of hydrogen-bond acceptors (Lipinski definition) is 1. The average molecular weight is 385 g/mol. The van der Waals surface area contributed by atoms with Gasteiger partial charge in [-0.1, -0.05) is 76.8 Å². The van der Waals surface area contributed by atoms with Gasteiger partial charge in [0, 0.05) is 0 Å². The van der Waals surface area contributed by atoms with Crippen molar-refractivity contribution in [3.05, 3.63) is 35.5 Å². The minimum Gasteiger partial charge on any atom is -0.393 e. The summed E-state index contributed by atoms with van der Waals surface area (Å²) in [4.78, 5) is 0. The number of hydrogen-bond donors (Lipinski definition) is 1. The van der Waals surface area contributed by atoms with E-state index >= 15 is 0 Å². The van der Waals surface area contributed by atoms with Gasteiger partial charge in [-0.3, -0.25) is 0 Å². The Kier molecular flexibility index (Phi) is 7.29. The first-order valence-corrected chi connectivity index (χ1v) is 12.1. The molecule has 0 aromatic carbocycles. The zero-order valence-electron chi connectivity index (χ0n) is 19.0. The largest absolute Gasteiger partial charge is 0.393 e. The van der Waals surface area contributed by atoms with Crippen LogP contribution in [0.5, 0.6) is 0 Å². The first kappa shape index (κ1) is 21.9. The van der Waals surface area contributed by atoms with Crippen LogP contribution in [0, 0.1) is 29.1 Å². The Morgan fingerprint density at radius 3 is 2.64 bits per heavy atom. The predicted molar refractivity (Wildman–Crippen MR) is 121 cm³/mol. The molecule has 3 fully saturated rings. The summed E-state index contributed by atoms with van der Waals surface area (Å²) in [6, 6.07) is 0. The van der Waals surface area contributed by atoms with E-state index in [0.717, 1.165) is 42.9 Å². The normalized spacial score (nSPS) is 37.6. The van der Waals surface area contributed by atoms with E-state index in [1.54, 1.807) is 5.57 Å². The standard InChI is InChI=1S/C27H44O/c1-19(2)8-6-9-21(4)25-15-16-26-22(10-7-17-27(25,26)5)12-13-23-18-24(28)14-11-20(23)3/h12-13,19,21,24-26,28H,3,6-11,14-18H2,1-2,4-5H3/b22-12+,23-13-/t21?,24-,25?,26?,27+/m0/s1. The van der Waals surface area contributed by atoms with Crippen molar-refractivity contribution >= 4 is 0 Å². The molecule has 0 aromatic heterocycles. The summed E-state index contributed by atoms with van der Waals surface area (Å²) < 4.78 is 0. The third kappa shape index (κ3) is 4.84. The van der Waals surface area contributed by atoms with Crippen LogP contribution in [0.1, 0.15) is 98.3 Å². The van der Waals surface area contributed by atoms with Crippen LogP contribution < -0.4 is 0 Å². The first-order valence-electron chi connectivity index (χ1n) is 12.1. The van der Waals surface area contributed by atoms with E-state index in [9.17, 15) is 5.11 Å². The Labute approximate surface area is 174 Å². The van der Waals surface area contributed by atoms with Gasteiger partial charge < -0.3 is 5.11 Å². The lowest BCUT2D eigenvalue weighted by Gasteiger charge is -2.44. The maximum Gasteiger partial charge on any atom is 0.0583 e. The fourth-order valence-corrected chi connectivity index (χ4v) is 6.66. The van der Waals surface area contributed by atoms with Crippen LogP contribution >= 0.6 is 0 Å². The molecule has 1 heteroatoms. The summed E-state index contributed by atoms with van der Waals surface area (Å²) >= 11 is 0. The quantitative estimate of drug-likeness (QED) is 0.499. The molecule has 3 unspecified atom stereocenters. The molecule has 3 saturated carbocycles. The molecular weight excluding hydrogens is 340 g/mol. The summed E-state index contributed by atoms with van der Waals surface area (Å²) in [5.74, 6) is 3.37. The van der Waals surface area contributed by atoms with Gasteiger partial charge >= 0.3 is 0 Å². The molecule has 0 saturated heterocycles. The molecule has 3 rings (SSSR count). The van der Waals surface area contributed by atoms with Gasteiger partial charge in [-0.05, 0) is 86.0 Å². The molecule has 5 atom stereocenters. The lowest BCUT2D eigenvalue weighted by molar-refractivity contribution is 0.0929. The third-order valence-corrected chi connectivity index (χ3v) is 8.35. The lowest BCUT2D eigenvalue weighted by Crippen LogP contribution is -2.36. The molecule has 0 heterocycles. The molecule has 1 nitrogen and oxygen atoms in total. The molecule has 0 radical (unpaired) electrons. The second kappa shape index (κ2) is 9.33. The first-order chi connectivity index (χ1) is 13.3. The molecule has 0 aromatic rings. The van der Waals surface area contributed by atoms with Crippen molar-refractivity contribution in [2.75, 3.05) is 0 Å². The Hall–Kier alpha value is -0.820. The van der Waals surface area contributed by atoms with Crippen LogP contribution in [0.3, 0.4) is 0 Å². The Balaban J connectivity index is 1.70. The van der Waals surface area contributed by atoms with Crippen molar-refractivity contribution in [1.29, 1.82) is 0 Å². The Bertz CT molecular complexity index is 610. The highest BCUT2D eigenvalue weighted by molar-refractivity contribution is 5.36. The third-order valence-electron chi connectivity index (χ3n) is 8.35. The molecule has 0 aliphatic heterocycles. The van der Waals surface area contributed by atoms with Gasteiger partial charge in [0.1, 0.15) is 0 Å². The van der Waals surface area contributed by atoms with Gasteiger partial charge in [0.2, 0.25) is 0 Å². The van der Waals surface area contributed by atoms with Gasteiger partial charge in [0.15, 0.2) is 0 Å². The fourth-order valence-electron chi connectivity index (χ4n) is 6.66. The number of rotatable bonds is 6. The molecule has 3 aliphatic rings. The Morgan fingerprint density at radius 2 is 1.89 bits per heavy atom. The lowest BCUT2D eigenvalue weighted by atomic mass is 9.60. The SMILES string of the molecule is C=C1CC[C@H](O)C/C1=C/C=C1\CCC[C@@]2(C)C1CCC2C(C)CCCC(C)C. The summed E-state index contributed by atoms with van der Waals surface area (Å²) in [5, 5.41) is 10.0. The monoisotopic (exact) mass is 384 g/mol. The highest BCUT2D eigenvalue weighted by atomic mass is 16.3. The van der Waals surface area contributed by atoms with Crippen molar-refractivity contribution in [2.24, 2.45) is 29.1 Å². The highest BCUT2D eigenvalue weighted by Crippen LogP contribution is 2.59. The van der Waals surface area contributed by atoms with Crippen molar-refractivity contribution in [3.63, 3.8) is 0 Å². The van der Waals surface area contributed by atoms with Gasteiger partial charge in [-0.15, -0.1) is 0 Å².